The van der Waals surface area contributed by atoms with Gasteiger partial charge in [-0.05, 0) is 52.5 Å². The maximum absolute atomic E-state index is 10.7. The van der Waals surface area contributed by atoms with Gasteiger partial charge in [0.25, 0.3) is 10.1 Å². The van der Waals surface area contributed by atoms with Gasteiger partial charge in [0.1, 0.15) is 0 Å². The molecule has 0 aliphatic heterocycles. The molecular weight excluding hydrogens is 286 g/mol. The Morgan fingerprint density at radius 1 is 1.10 bits per heavy atom. The van der Waals surface area contributed by atoms with Crippen molar-refractivity contribution in [1.29, 1.82) is 0 Å². The van der Waals surface area contributed by atoms with Gasteiger partial charge in [-0.1, -0.05) is 17.2 Å². The van der Waals surface area contributed by atoms with Crippen molar-refractivity contribution in [3.8, 4) is 0 Å². The van der Waals surface area contributed by atoms with Crippen LogP contribution in [0, 0.1) is 0 Å². The minimum atomic E-state index is -3.81. The second-order valence-electron chi connectivity index (χ2n) is 6.71. The number of quaternary nitrogens is 1. The average Bonchev–Trinajstić information content (AvgIpc) is 2.31. The quantitative estimate of drug-likeness (QED) is 0.291. The Morgan fingerprint density at radius 2 is 1.71 bits per heavy atom. The summed E-state index contributed by atoms with van der Waals surface area (Å²) >= 11 is 0. The Bertz CT molecular complexity index is 458. The maximum Gasteiger partial charge on any atom is 0.264 e. The second-order valence-corrected chi connectivity index (χ2v) is 8.28. The summed E-state index contributed by atoms with van der Waals surface area (Å²) in [7, 11) is 0.483. The molecule has 21 heavy (non-hydrogen) atoms. The van der Waals surface area contributed by atoms with Crippen molar-refractivity contribution in [3.05, 3.63) is 23.3 Å². The Morgan fingerprint density at radius 3 is 2.24 bits per heavy atom. The molecule has 0 saturated carbocycles. The van der Waals surface area contributed by atoms with Crippen LogP contribution in [0.4, 0.5) is 0 Å². The molecule has 0 amide bonds. The molecule has 0 aromatic heterocycles. The predicted octanol–water partition coefficient (Wildman–Crippen LogP) is 3.42. The molecule has 0 rings (SSSR count). The highest BCUT2D eigenvalue weighted by Gasteiger charge is 2.13. The fourth-order valence-corrected chi connectivity index (χ4v) is 2.58. The Labute approximate surface area is 130 Å². The van der Waals surface area contributed by atoms with Crippen molar-refractivity contribution in [1.82, 2.24) is 0 Å². The molecule has 0 aromatic rings. The summed E-state index contributed by atoms with van der Waals surface area (Å²) in [4.78, 5) is 0. The number of allylic oxidation sites excluding steroid dienone is 3. The van der Waals surface area contributed by atoms with Gasteiger partial charge < -0.3 is 4.48 Å². The molecule has 0 atom stereocenters. The lowest BCUT2D eigenvalue weighted by Crippen LogP contribution is -2.40. The number of unbranched alkanes of at least 4 members (excludes halogenated alkanes) is 1. The van der Waals surface area contributed by atoms with Gasteiger partial charge in [0.05, 0.1) is 32.9 Å². The predicted molar refractivity (Wildman–Crippen MR) is 89.9 cm³/mol. The van der Waals surface area contributed by atoms with Crippen molar-refractivity contribution in [2.75, 3.05) is 32.9 Å². The molecule has 4 nitrogen and oxygen atoms in total. The number of hydrogen-bond acceptors (Lipinski definition) is 2. The van der Waals surface area contributed by atoms with Crippen LogP contribution in [0.5, 0.6) is 0 Å². The van der Waals surface area contributed by atoms with Gasteiger partial charge in [0.2, 0.25) is 0 Å². The van der Waals surface area contributed by atoms with Crippen molar-refractivity contribution in [3.63, 3.8) is 0 Å². The van der Waals surface area contributed by atoms with Gasteiger partial charge >= 0.3 is 0 Å². The van der Waals surface area contributed by atoms with E-state index in [9.17, 15) is 8.42 Å². The highest BCUT2D eigenvalue weighted by atomic mass is 32.2. The smallest absolute Gasteiger partial charge is 0.264 e. The van der Waals surface area contributed by atoms with E-state index in [-0.39, 0.29) is 5.75 Å². The molecular formula is C16H32NO3S+. The van der Waals surface area contributed by atoms with Gasteiger partial charge in [0, 0.05) is 0 Å². The molecule has 0 spiro atoms. The maximum atomic E-state index is 10.7. The summed E-state index contributed by atoms with van der Waals surface area (Å²) in [5, 5.41) is 0. The van der Waals surface area contributed by atoms with Crippen molar-refractivity contribution in [2.24, 2.45) is 0 Å². The van der Waals surface area contributed by atoms with Gasteiger partial charge in [0.15, 0.2) is 0 Å². The van der Waals surface area contributed by atoms with E-state index in [1.807, 2.05) is 0 Å². The van der Waals surface area contributed by atoms with Crippen molar-refractivity contribution >= 4 is 10.1 Å². The first kappa shape index (κ1) is 20.3. The molecule has 0 aliphatic rings. The number of nitrogens with zero attached hydrogens (tertiary/aromatic N) is 1. The number of rotatable bonds is 10. The van der Waals surface area contributed by atoms with Crippen LogP contribution < -0.4 is 0 Å². The Kier molecular flexibility index (Phi) is 9.09. The lowest BCUT2D eigenvalue weighted by molar-refractivity contribution is -0.884. The van der Waals surface area contributed by atoms with Crippen molar-refractivity contribution in [2.45, 2.75) is 46.5 Å². The summed E-state index contributed by atoms with van der Waals surface area (Å²) in [5.41, 5.74) is 2.76. The third-order valence-corrected chi connectivity index (χ3v) is 4.25. The summed E-state index contributed by atoms with van der Waals surface area (Å²) in [6.45, 7) is 8.26. The summed E-state index contributed by atoms with van der Waals surface area (Å²) in [6, 6.07) is 0. The fourth-order valence-electron chi connectivity index (χ4n) is 2.01. The van der Waals surface area contributed by atoms with Crippen LogP contribution >= 0.6 is 0 Å². The van der Waals surface area contributed by atoms with E-state index >= 15 is 0 Å². The van der Waals surface area contributed by atoms with Crippen molar-refractivity contribution < 1.29 is 17.5 Å². The van der Waals surface area contributed by atoms with Gasteiger partial charge in [-0.3, -0.25) is 4.55 Å². The first-order chi connectivity index (χ1) is 9.52. The van der Waals surface area contributed by atoms with E-state index < -0.39 is 10.1 Å². The molecule has 0 aromatic carbocycles. The lowest BCUT2D eigenvalue weighted by atomic mass is 10.1. The molecule has 1 N–H and O–H groups in total. The first-order valence-corrected chi connectivity index (χ1v) is 9.19. The lowest BCUT2D eigenvalue weighted by Gasteiger charge is -2.28. The molecule has 0 bridgehead atoms. The van der Waals surface area contributed by atoms with Gasteiger partial charge in [-0.2, -0.15) is 8.42 Å². The fraction of sp³-hybridized carbons (Fsp3) is 0.750. The van der Waals surface area contributed by atoms with E-state index in [0.717, 1.165) is 36.8 Å². The van der Waals surface area contributed by atoms with Gasteiger partial charge in [-0.15, -0.1) is 0 Å². The van der Waals surface area contributed by atoms with E-state index in [4.69, 9.17) is 4.55 Å². The van der Waals surface area contributed by atoms with E-state index in [1.165, 1.54) is 11.1 Å². The van der Waals surface area contributed by atoms with Crippen LogP contribution in [-0.4, -0.2) is 50.4 Å². The SMILES string of the molecule is CC(C)=CCC/C(C)=C/C[N+](C)(C)CCCCS(=O)(=O)O. The minimum absolute atomic E-state index is 0.134. The topological polar surface area (TPSA) is 54.4 Å². The molecule has 0 saturated heterocycles. The standard InChI is InChI=1S/C16H31NO3S/c1-15(2)9-8-10-16(3)11-13-17(4,5)12-6-7-14-21(18,19)20/h9,11H,6-8,10,12-14H2,1-5H3/p+1/b16-11+. The minimum Gasteiger partial charge on any atom is -0.325 e. The normalized spacial score (nSPS) is 13.3. The van der Waals surface area contributed by atoms with Crippen LogP contribution in [0.1, 0.15) is 46.5 Å². The molecule has 0 radical (unpaired) electrons. The number of likely N-dealkylation sites (N-methyl/N-ethyl adjacent to an activating group) is 1. The van der Waals surface area contributed by atoms with Crippen LogP contribution in [0.15, 0.2) is 23.3 Å². The van der Waals surface area contributed by atoms with Crippen LogP contribution in [0.3, 0.4) is 0 Å². The third-order valence-electron chi connectivity index (χ3n) is 3.44. The Balaban J connectivity index is 4.07. The van der Waals surface area contributed by atoms with Gasteiger partial charge in [-0.25, -0.2) is 0 Å². The molecule has 0 heterocycles. The molecule has 124 valence electrons. The average molecular weight is 319 g/mol. The zero-order chi connectivity index (χ0) is 16.5. The monoisotopic (exact) mass is 318 g/mol. The van der Waals surface area contributed by atoms with E-state index in [0.29, 0.717) is 6.42 Å². The highest BCUT2D eigenvalue weighted by Crippen LogP contribution is 2.09. The van der Waals surface area contributed by atoms with E-state index in [1.54, 1.807) is 0 Å². The number of hydrogen-bond donors (Lipinski definition) is 1. The Hall–Kier alpha value is -0.650. The zero-order valence-electron chi connectivity index (χ0n) is 14.2. The molecule has 5 heteroatoms. The largest absolute Gasteiger partial charge is 0.325 e. The highest BCUT2D eigenvalue weighted by molar-refractivity contribution is 7.85. The summed E-state index contributed by atoms with van der Waals surface area (Å²) < 4.78 is 30.8. The molecule has 0 unspecified atom stereocenters. The molecule has 0 aliphatic carbocycles. The van der Waals surface area contributed by atoms with E-state index in [2.05, 4.69) is 47.0 Å². The van der Waals surface area contributed by atoms with Crippen LogP contribution in [0.2, 0.25) is 0 Å². The van der Waals surface area contributed by atoms with Crippen LogP contribution in [0.25, 0.3) is 0 Å². The first-order valence-electron chi connectivity index (χ1n) is 7.58. The second kappa shape index (κ2) is 9.38. The summed E-state index contributed by atoms with van der Waals surface area (Å²) in [6.07, 6.45) is 8.04. The summed E-state index contributed by atoms with van der Waals surface area (Å²) in [5.74, 6) is -0.134. The zero-order valence-corrected chi connectivity index (χ0v) is 15.0. The third kappa shape index (κ3) is 14.1. The van der Waals surface area contributed by atoms with Crippen LogP contribution in [-0.2, 0) is 10.1 Å². The molecule has 0 fully saturated rings.